The standard InChI is InChI=1S/C10H16N2O/c1-3-5-11-6-4-7-12(9-8-11)10(2)13/h1H,4-9H2,2H3. The number of amides is 1. The average molecular weight is 180 g/mol. The summed E-state index contributed by atoms with van der Waals surface area (Å²) in [6.45, 7) is 5.92. The van der Waals surface area contributed by atoms with Crippen LogP contribution in [0.3, 0.4) is 0 Å². The van der Waals surface area contributed by atoms with Gasteiger partial charge in [-0.1, -0.05) is 5.92 Å². The Balaban J connectivity index is 2.40. The second kappa shape index (κ2) is 4.88. The zero-order chi connectivity index (χ0) is 9.68. The minimum Gasteiger partial charge on any atom is -0.342 e. The van der Waals surface area contributed by atoms with E-state index in [4.69, 9.17) is 6.42 Å². The summed E-state index contributed by atoms with van der Waals surface area (Å²) in [4.78, 5) is 15.2. The van der Waals surface area contributed by atoms with Crippen LogP contribution in [0.5, 0.6) is 0 Å². The molecule has 0 radical (unpaired) electrons. The number of hydrogen-bond donors (Lipinski definition) is 0. The number of terminal acetylenes is 1. The Morgan fingerprint density at radius 1 is 1.38 bits per heavy atom. The summed E-state index contributed by atoms with van der Waals surface area (Å²) in [6.07, 6.45) is 6.26. The molecule has 0 unspecified atom stereocenters. The largest absolute Gasteiger partial charge is 0.342 e. The molecule has 0 spiro atoms. The van der Waals surface area contributed by atoms with E-state index in [0.717, 1.165) is 32.6 Å². The number of carbonyl (C=O) groups is 1. The summed E-state index contributed by atoms with van der Waals surface area (Å²) in [7, 11) is 0. The maximum Gasteiger partial charge on any atom is 0.219 e. The van der Waals surface area contributed by atoms with Crippen molar-refractivity contribution in [3.8, 4) is 12.3 Å². The minimum absolute atomic E-state index is 0.169. The Morgan fingerprint density at radius 2 is 2.15 bits per heavy atom. The van der Waals surface area contributed by atoms with Gasteiger partial charge in [-0.05, 0) is 6.42 Å². The first kappa shape index (κ1) is 10.1. The Labute approximate surface area is 79.7 Å². The maximum absolute atomic E-state index is 11.1. The van der Waals surface area contributed by atoms with Crippen LogP contribution in [0, 0.1) is 12.3 Å². The van der Waals surface area contributed by atoms with Crippen LogP contribution < -0.4 is 0 Å². The van der Waals surface area contributed by atoms with Gasteiger partial charge in [-0.15, -0.1) is 6.42 Å². The first-order valence-electron chi connectivity index (χ1n) is 4.65. The first-order chi connectivity index (χ1) is 6.24. The van der Waals surface area contributed by atoms with Gasteiger partial charge in [0.2, 0.25) is 5.91 Å². The molecule has 0 aromatic heterocycles. The monoisotopic (exact) mass is 180 g/mol. The smallest absolute Gasteiger partial charge is 0.219 e. The molecule has 1 fully saturated rings. The number of carbonyl (C=O) groups excluding carboxylic acids is 1. The first-order valence-corrected chi connectivity index (χ1v) is 4.65. The van der Waals surface area contributed by atoms with E-state index in [9.17, 15) is 4.79 Å². The lowest BCUT2D eigenvalue weighted by Crippen LogP contribution is -2.33. The maximum atomic E-state index is 11.1. The predicted octanol–water partition coefficient (Wildman–Crippen LogP) is 0.174. The molecule has 3 nitrogen and oxygen atoms in total. The Kier molecular flexibility index (Phi) is 3.78. The molecule has 0 saturated carbocycles. The molecule has 1 heterocycles. The lowest BCUT2D eigenvalue weighted by molar-refractivity contribution is -0.128. The third kappa shape index (κ3) is 3.08. The van der Waals surface area contributed by atoms with Crippen LogP contribution in [0.15, 0.2) is 0 Å². The predicted molar refractivity (Wildman–Crippen MR) is 52.1 cm³/mol. The highest BCUT2D eigenvalue weighted by Gasteiger charge is 2.15. The molecule has 72 valence electrons. The van der Waals surface area contributed by atoms with Gasteiger partial charge in [0.25, 0.3) is 0 Å². The van der Waals surface area contributed by atoms with Crippen molar-refractivity contribution < 1.29 is 4.79 Å². The van der Waals surface area contributed by atoms with Gasteiger partial charge in [-0.3, -0.25) is 9.69 Å². The normalized spacial score (nSPS) is 19.2. The van der Waals surface area contributed by atoms with E-state index in [2.05, 4.69) is 10.8 Å². The van der Waals surface area contributed by atoms with Crippen LogP contribution in [0.25, 0.3) is 0 Å². The number of nitrogens with zero attached hydrogens (tertiary/aromatic N) is 2. The molecule has 0 aliphatic carbocycles. The average Bonchev–Trinajstić information content (AvgIpc) is 2.30. The van der Waals surface area contributed by atoms with Gasteiger partial charge in [-0.25, -0.2) is 0 Å². The van der Waals surface area contributed by atoms with Gasteiger partial charge in [0.05, 0.1) is 6.54 Å². The fourth-order valence-electron chi connectivity index (χ4n) is 1.57. The second-order valence-corrected chi connectivity index (χ2v) is 3.34. The third-order valence-corrected chi connectivity index (χ3v) is 2.35. The quantitative estimate of drug-likeness (QED) is 0.537. The summed E-state index contributed by atoms with van der Waals surface area (Å²) in [5.74, 6) is 2.80. The van der Waals surface area contributed by atoms with E-state index in [0.29, 0.717) is 6.54 Å². The van der Waals surface area contributed by atoms with E-state index in [1.165, 1.54) is 0 Å². The molecule has 0 aromatic rings. The lowest BCUT2D eigenvalue weighted by atomic mass is 10.4. The van der Waals surface area contributed by atoms with Crippen LogP contribution >= 0.6 is 0 Å². The van der Waals surface area contributed by atoms with E-state index in [-0.39, 0.29) is 5.91 Å². The fourth-order valence-corrected chi connectivity index (χ4v) is 1.57. The van der Waals surface area contributed by atoms with Gasteiger partial charge >= 0.3 is 0 Å². The molecule has 1 aliphatic heterocycles. The third-order valence-electron chi connectivity index (χ3n) is 2.35. The van der Waals surface area contributed by atoms with Gasteiger partial charge in [-0.2, -0.15) is 0 Å². The Hall–Kier alpha value is -1.01. The molecular formula is C10H16N2O. The summed E-state index contributed by atoms with van der Waals surface area (Å²) in [5.41, 5.74) is 0. The number of rotatable bonds is 1. The van der Waals surface area contributed by atoms with E-state index in [1.807, 2.05) is 4.90 Å². The Morgan fingerprint density at radius 3 is 2.77 bits per heavy atom. The minimum atomic E-state index is 0.169. The van der Waals surface area contributed by atoms with Crippen LogP contribution in [0.1, 0.15) is 13.3 Å². The van der Waals surface area contributed by atoms with Crippen molar-refractivity contribution >= 4 is 5.91 Å². The van der Waals surface area contributed by atoms with E-state index in [1.54, 1.807) is 6.92 Å². The van der Waals surface area contributed by atoms with Gasteiger partial charge in [0.1, 0.15) is 0 Å². The van der Waals surface area contributed by atoms with E-state index >= 15 is 0 Å². The van der Waals surface area contributed by atoms with Crippen molar-refractivity contribution in [2.24, 2.45) is 0 Å². The molecule has 1 saturated heterocycles. The van der Waals surface area contributed by atoms with Crippen LogP contribution in [-0.4, -0.2) is 48.4 Å². The van der Waals surface area contributed by atoms with Crippen LogP contribution in [0.4, 0.5) is 0 Å². The van der Waals surface area contributed by atoms with E-state index < -0.39 is 0 Å². The molecular weight excluding hydrogens is 164 g/mol. The molecule has 0 N–H and O–H groups in total. The van der Waals surface area contributed by atoms with Crippen molar-refractivity contribution in [3.63, 3.8) is 0 Å². The topological polar surface area (TPSA) is 23.6 Å². The number of hydrogen-bond acceptors (Lipinski definition) is 2. The fraction of sp³-hybridized carbons (Fsp3) is 0.700. The van der Waals surface area contributed by atoms with Crippen LogP contribution in [-0.2, 0) is 4.79 Å². The lowest BCUT2D eigenvalue weighted by Gasteiger charge is -2.18. The summed E-state index contributed by atoms with van der Waals surface area (Å²) in [6, 6.07) is 0. The zero-order valence-corrected chi connectivity index (χ0v) is 8.12. The summed E-state index contributed by atoms with van der Waals surface area (Å²) >= 11 is 0. The zero-order valence-electron chi connectivity index (χ0n) is 8.12. The summed E-state index contributed by atoms with van der Waals surface area (Å²) in [5, 5.41) is 0. The van der Waals surface area contributed by atoms with Gasteiger partial charge < -0.3 is 4.90 Å². The van der Waals surface area contributed by atoms with Crippen molar-refractivity contribution in [3.05, 3.63) is 0 Å². The SMILES string of the molecule is C#CCN1CCCN(C(C)=O)CC1. The highest BCUT2D eigenvalue weighted by Crippen LogP contribution is 2.02. The summed E-state index contributed by atoms with van der Waals surface area (Å²) < 4.78 is 0. The molecule has 13 heavy (non-hydrogen) atoms. The molecule has 0 bridgehead atoms. The molecule has 1 amide bonds. The van der Waals surface area contributed by atoms with Crippen molar-refractivity contribution in [2.45, 2.75) is 13.3 Å². The molecule has 0 atom stereocenters. The van der Waals surface area contributed by atoms with Gasteiger partial charge in [0, 0.05) is 33.1 Å². The highest BCUT2D eigenvalue weighted by molar-refractivity contribution is 5.73. The van der Waals surface area contributed by atoms with Crippen molar-refractivity contribution in [1.29, 1.82) is 0 Å². The van der Waals surface area contributed by atoms with Crippen molar-refractivity contribution in [2.75, 3.05) is 32.7 Å². The van der Waals surface area contributed by atoms with Crippen molar-refractivity contribution in [1.82, 2.24) is 9.80 Å². The van der Waals surface area contributed by atoms with Crippen LogP contribution in [0.2, 0.25) is 0 Å². The second-order valence-electron chi connectivity index (χ2n) is 3.34. The molecule has 0 aromatic carbocycles. The highest BCUT2D eigenvalue weighted by atomic mass is 16.2. The molecule has 3 heteroatoms. The Bertz CT molecular complexity index is 219. The van der Waals surface area contributed by atoms with Gasteiger partial charge in [0.15, 0.2) is 0 Å². The molecule has 1 aliphatic rings. The molecule has 1 rings (SSSR count).